The maximum absolute atomic E-state index is 10.7. The Hall–Kier alpha value is -0.610. The highest BCUT2D eigenvalue weighted by atomic mass is 16.4. The number of aliphatic carboxylic acids is 1. The number of carboxylic acid groups (broad SMARTS) is 1. The van der Waals surface area contributed by atoms with Gasteiger partial charge in [0.05, 0.1) is 5.92 Å². The van der Waals surface area contributed by atoms with Gasteiger partial charge in [-0.2, -0.15) is 0 Å². The summed E-state index contributed by atoms with van der Waals surface area (Å²) >= 11 is 0. The second-order valence-electron chi connectivity index (χ2n) is 3.30. The van der Waals surface area contributed by atoms with E-state index in [4.69, 9.17) is 5.11 Å². The van der Waals surface area contributed by atoms with Gasteiger partial charge in [0.1, 0.15) is 0 Å². The van der Waals surface area contributed by atoms with Crippen molar-refractivity contribution in [3.05, 3.63) is 0 Å². The van der Waals surface area contributed by atoms with E-state index in [-0.39, 0.29) is 5.92 Å². The highest BCUT2D eigenvalue weighted by Gasteiger charge is 2.37. The van der Waals surface area contributed by atoms with Gasteiger partial charge in [-0.15, -0.1) is 0 Å². The molecule has 11 heavy (non-hydrogen) atoms. The minimum atomic E-state index is -0.649. The molecule has 0 aromatic rings. The van der Waals surface area contributed by atoms with E-state index in [1.54, 1.807) is 0 Å². The molecule has 2 heterocycles. The summed E-state index contributed by atoms with van der Waals surface area (Å²) in [6, 6.07) is 0. The minimum Gasteiger partial charge on any atom is -0.481 e. The molecule has 2 saturated heterocycles. The van der Waals surface area contributed by atoms with Crippen molar-refractivity contribution in [1.82, 2.24) is 10.4 Å². The first-order valence-corrected chi connectivity index (χ1v) is 3.98. The van der Waals surface area contributed by atoms with Crippen LogP contribution in [0.5, 0.6) is 0 Å². The van der Waals surface area contributed by atoms with Crippen LogP contribution in [0.15, 0.2) is 0 Å². The van der Waals surface area contributed by atoms with Crippen molar-refractivity contribution in [2.75, 3.05) is 19.6 Å². The molecule has 2 aliphatic rings. The third-order valence-electron chi connectivity index (χ3n) is 2.65. The van der Waals surface area contributed by atoms with Crippen LogP contribution in [0.1, 0.15) is 6.42 Å². The standard InChI is InChI=1S/C7H12N2O2/c10-7(11)6-3-8-9-2-1-5(6)4-9/h5-6,8H,1-4H2,(H,10,11). The van der Waals surface area contributed by atoms with Crippen LogP contribution in [-0.4, -0.2) is 35.7 Å². The van der Waals surface area contributed by atoms with E-state index >= 15 is 0 Å². The van der Waals surface area contributed by atoms with Crippen LogP contribution in [0, 0.1) is 11.8 Å². The smallest absolute Gasteiger partial charge is 0.308 e. The zero-order chi connectivity index (χ0) is 7.84. The zero-order valence-electron chi connectivity index (χ0n) is 6.29. The molecule has 2 N–H and O–H groups in total. The topological polar surface area (TPSA) is 52.6 Å². The molecular weight excluding hydrogens is 144 g/mol. The number of nitrogens with zero attached hydrogens (tertiary/aromatic N) is 1. The quantitative estimate of drug-likeness (QED) is 0.539. The molecule has 0 aromatic carbocycles. The summed E-state index contributed by atoms with van der Waals surface area (Å²) < 4.78 is 0. The Bertz CT molecular complexity index is 183. The van der Waals surface area contributed by atoms with Gasteiger partial charge in [-0.3, -0.25) is 10.2 Å². The van der Waals surface area contributed by atoms with E-state index in [9.17, 15) is 4.79 Å². The van der Waals surface area contributed by atoms with E-state index in [2.05, 4.69) is 10.4 Å². The monoisotopic (exact) mass is 156 g/mol. The van der Waals surface area contributed by atoms with Crippen LogP contribution in [0.2, 0.25) is 0 Å². The Morgan fingerprint density at radius 2 is 2.45 bits per heavy atom. The van der Waals surface area contributed by atoms with Gasteiger partial charge in [-0.1, -0.05) is 0 Å². The molecule has 4 nitrogen and oxygen atoms in total. The lowest BCUT2D eigenvalue weighted by molar-refractivity contribution is -0.144. The molecule has 4 heteroatoms. The van der Waals surface area contributed by atoms with Crippen molar-refractivity contribution in [2.24, 2.45) is 11.8 Å². The number of carbonyl (C=O) groups is 1. The zero-order valence-corrected chi connectivity index (χ0v) is 6.29. The largest absolute Gasteiger partial charge is 0.481 e. The normalized spacial score (nSPS) is 42.4. The molecule has 2 fully saturated rings. The second kappa shape index (κ2) is 2.46. The second-order valence-corrected chi connectivity index (χ2v) is 3.30. The molecule has 0 aromatic heterocycles. The molecule has 62 valence electrons. The fourth-order valence-electron chi connectivity index (χ4n) is 1.94. The lowest BCUT2D eigenvalue weighted by Gasteiger charge is -2.28. The maximum atomic E-state index is 10.7. The van der Waals surface area contributed by atoms with Crippen LogP contribution >= 0.6 is 0 Å². The third kappa shape index (κ3) is 1.12. The van der Waals surface area contributed by atoms with Gasteiger partial charge >= 0.3 is 5.97 Å². The maximum Gasteiger partial charge on any atom is 0.308 e. The fourth-order valence-corrected chi connectivity index (χ4v) is 1.94. The lowest BCUT2D eigenvalue weighted by atomic mass is 9.91. The van der Waals surface area contributed by atoms with Crippen LogP contribution in [0.3, 0.4) is 0 Å². The summed E-state index contributed by atoms with van der Waals surface area (Å²) in [6.45, 7) is 2.53. The summed E-state index contributed by atoms with van der Waals surface area (Å²) in [7, 11) is 0. The van der Waals surface area contributed by atoms with Gasteiger partial charge < -0.3 is 5.11 Å². The Morgan fingerprint density at radius 3 is 3.18 bits per heavy atom. The average Bonchev–Trinajstić information content (AvgIpc) is 2.32. The number of rotatable bonds is 1. The first-order chi connectivity index (χ1) is 5.27. The molecule has 0 saturated carbocycles. The van der Waals surface area contributed by atoms with Crippen molar-refractivity contribution in [2.45, 2.75) is 6.42 Å². The van der Waals surface area contributed by atoms with E-state index in [0.717, 1.165) is 19.5 Å². The van der Waals surface area contributed by atoms with Gasteiger partial charge in [-0.05, 0) is 12.3 Å². The molecule has 2 rings (SSSR count). The first kappa shape index (κ1) is 7.06. The van der Waals surface area contributed by atoms with E-state index in [1.165, 1.54) is 0 Å². The van der Waals surface area contributed by atoms with Gasteiger partial charge in [-0.25, -0.2) is 5.01 Å². The summed E-state index contributed by atoms with van der Waals surface area (Å²) in [5.41, 5.74) is 3.09. The molecule has 0 amide bonds. The number of fused-ring (bicyclic) bond motifs is 2. The van der Waals surface area contributed by atoms with E-state index in [1.807, 2.05) is 0 Å². The predicted molar refractivity (Wildman–Crippen MR) is 38.8 cm³/mol. The molecule has 0 spiro atoms. The van der Waals surface area contributed by atoms with Crippen molar-refractivity contribution in [1.29, 1.82) is 0 Å². The van der Waals surface area contributed by atoms with Gasteiger partial charge in [0.25, 0.3) is 0 Å². The Morgan fingerprint density at radius 1 is 1.64 bits per heavy atom. The molecule has 2 bridgehead atoms. The fraction of sp³-hybridized carbons (Fsp3) is 0.857. The summed E-state index contributed by atoms with van der Waals surface area (Å²) in [5.74, 6) is -0.424. The highest BCUT2D eigenvalue weighted by Crippen LogP contribution is 2.26. The lowest BCUT2D eigenvalue weighted by Crippen LogP contribution is -2.47. The number of hydrazine groups is 1. The Kier molecular flexibility index (Phi) is 1.58. The molecular formula is C7H12N2O2. The molecule has 2 aliphatic heterocycles. The van der Waals surface area contributed by atoms with Crippen molar-refractivity contribution >= 4 is 5.97 Å². The molecule has 0 radical (unpaired) electrons. The van der Waals surface area contributed by atoms with Gasteiger partial charge in [0.2, 0.25) is 0 Å². The first-order valence-electron chi connectivity index (χ1n) is 3.98. The van der Waals surface area contributed by atoms with Gasteiger partial charge in [0.15, 0.2) is 0 Å². The molecule has 3 atom stereocenters. The predicted octanol–water partition coefficient (Wildman–Crippen LogP) is -0.473. The Balaban J connectivity index is 2.07. The average molecular weight is 156 g/mol. The molecule has 0 aliphatic carbocycles. The van der Waals surface area contributed by atoms with Crippen molar-refractivity contribution in [3.8, 4) is 0 Å². The minimum absolute atomic E-state index is 0.159. The van der Waals surface area contributed by atoms with Crippen LogP contribution in [-0.2, 0) is 4.79 Å². The van der Waals surface area contributed by atoms with Crippen molar-refractivity contribution < 1.29 is 9.90 Å². The van der Waals surface area contributed by atoms with Crippen molar-refractivity contribution in [3.63, 3.8) is 0 Å². The summed E-state index contributed by atoms with van der Waals surface area (Å²) in [4.78, 5) is 10.7. The molecule has 3 unspecified atom stereocenters. The van der Waals surface area contributed by atoms with Crippen LogP contribution in [0.25, 0.3) is 0 Å². The Labute approximate surface area is 65.2 Å². The number of hydrogen-bond acceptors (Lipinski definition) is 3. The number of carboxylic acids is 1. The van der Waals surface area contributed by atoms with Crippen LogP contribution < -0.4 is 5.43 Å². The van der Waals surface area contributed by atoms with Gasteiger partial charge in [0, 0.05) is 19.6 Å². The van der Waals surface area contributed by atoms with Crippen LogP contribution in [0.4, 0.5) is 0 Å². The van der Waals surface area contributed by atoms with E-state index in [0.29, 0.717) is 12.5 Å². The number of nitrogens with one attached hydrogen (secondary N) is 1. The van der Waals surface area contributed by atoms with E-state index < -0.39 is 5.97 Å². The summed E-state index contributed by atoms with van der Waals surface area (Å²) in [5, 5.41) is 10.9. The highest BCUT2D eigenvalue weighted by molar-refractivity contribution is 5.70. The number of hydrogen-bond donors (Lipinski definition) is 2. The SMILES string of the molecule is O=C(O)C1CNN2CCC1C2. The summed E-state index contributed by atoms with van der Waals surface area (Å²) in [6.07, 6.45) is 1.03. The third-order valence-corrected chi connectivity index (χ3v) is 2.65.